The molecule has 0 atom stereocenters. The highest BCUT2D eigenvalue weighted by Gasteiger charge is 2.25. The molecular weight excluding hydrogens is 426 g/mol. The van der Waals surface area contributed by atoms with Crippen LogP contribution < -0.4 is 25.0 Å². The van der Waals surface area contributed by atoms with Crippen molar-refractivity contribution in [3.8, 4) is 11.5 Å². The van der Waals surface area contributed by atoms with E-state index in [4.69, 9.17) is 9.47 Å². The number of nitrogens with zero attached hydrogens (tertiary/aromatic N) is 1. The van der Waals surface area contributed by atoms with Crippen LogP contribution in [0.3, 0.4) is 0 Å². The molecule has 8 heteroatoms. The lowest BCUT2D eigenvalue weighted by Gasteiger charge is -2.29. The summed E-state index contributed by atoms with van der Waals surface area (Å²) in [5, 5.41) is 6.16. The van der Waals surface area contributed by atoms with E-state index in [1.165, 1.54) is 0 Å². The Kier molecular flexibility index (Phi) is 5.50. The minimum absolute atomic E-state index is 0.00965. The van der Waals surface area contributed by atoms with E-state index in [9.17, 15) is 9.59 Å². The summed E-state index contributed by atoms with van der Waals surface area (Å²) in [7, 11) is 0. The van der Waals surface area contributed by atoms with Crippen LogP contribution in [0.25, 0.3) is 0 Å². The van der Waals surface area contributed by atoms with Crippen molar-refractivity contribution in [1.82, 2.24) is 10.6 Å². The fraction of sp³-hybridized carbons (Fsp3) is 0.300. The van der Waals surface area contributed by atoms with E-state index in [0.717, 1.165) is 28.0 Å². The molecule has 146 valence electrons. The number of rotatable bonds is 4. The van der Waals surface area contributed by atoms with Crippen molar-refractivity contribution in [2.45, 2.75) is 6.54 Å². The Morgan fingerprint density at radius 1 is 1.25 bits per heavy atom. The third-order valence-corrected chi connectivity index (χ3v) is 5.24. The molecule has 2 heterocycles. The van der Waals surface area contributed by atoms with Gasteiger partial charge in [-0.25, -0.2) is 0 Å². The molecule has 4 rings (SSSR count). The lowest BCUT2D eigenvalue weighted by molar-refractivity contribution is -0.121. The zero-order valence-electron chi connectivity index (χ0n) is 15.2. The maximum absolute atomic E-state index is 12.6. The van der Waals surface area contributed by atoms with E-state index in [0.29, 0.717) is 37.6 Å². The lowest BCUT2D eigenvalue weighted by atomic mass is 10.1. The third kappa shape index (κ3) is 3.83. The van der Waals surface area contributed by atoms with Gasteiger partial charge in [0.2, 0.25) is 0 Å². The Bertz CT molecular complexity index is 918. The third-order valence-electron chi connectivity index (χ3n) is 4.65. The Hall–Kier alpha value is -2.58. The molecule has 0 saturated heterocycles. The van der Waals surface area contributed by atoms with Crippen LogP contribution in [0.1, 0.15) is 15.9 Å². The maximum atomic E-state index is 12.6. The number of halogens is 1. The van der Waals surface area contributed by atoms with Gasteiger partial charge in [0, 0.05) is 37.3 Å². The molecule has 0 aromatic heterocycles. The van der Waals surface area contributed by atoms with Gasteiger partial charge in [0.25, 0.3) is 11.8 Å². The molecule has 0 unspecified atom stereocenters. The van der Waals surface area contributed by atoms with Crippen LogP contribution in [-0.4, -0.2) is 44.7 Å². The summed E-state index contributed by atoms with van der Waals surface area (Å²) in [5.41, 5.74) is 2.21. The number of carbonyl (C=O) groups excluding carboxylic acids is 2. The van der Waals surface area contributed by atoms with Gasteiger partial charge in [-0.3, -0.25) is 9.59 Å². The van der Waals surface area contributed by atoms with E-state index in [-0.39, 0.29) is 18.4 Å². The second kappa shape index (κ2) is 8.20. The van der Waals surface area contributed by atoms with Crippen molar-refractivity contribution in [2.24, 2.45) is 0 Å². The quantitative estimate of drug-likeness (QED) is 0.752. The number of benzene rings is 2. The standard InChI is InChI=1S/C20H20BrN3O4/c21-15-10-13(9-14-11-22-6-8-27-19(14)15)20(26)23-5-7-24-16-3-1-2-4-17(16)28-12-18(24)25/h1-4,9-10,22H,5-8,11-12H2,(H,23,26). The molecule has 0 fully saturated rings. The van der Waals surface area contributed by atoms with E-state index in [2.05, 4.69) is 26.6 Å². The number of hydrogen-bond donors (Lipinski definition) is 2. The highest BCUT2D eigenvalue weighted by atomic mass is 79.9. The average molecular weight is 446 g/mol. The molecule has 7 nitrogen and oxygen atoms in total. The van der Waals surface area contributed by atoms with Crippen LogP contribution in [0, 0.1) is 0 Å². The first-order valence-corrected chi connectivity index (χ1v) is 9.89. The molecule has 0 radical (unpaired) electrons. The number of hydrogen-bond acceptors (Lipinski definition) is 5. The molecule has 0 aliphatic carbocycles. The maximum Gasteiger partial charge on any atom is 0.265 e. The second-order valence-electron chi connectivity index (χ2n) is 6.53. The van der Waals surface area contributed by atoms with Crippen LogP contribution in [0.2, 0.25) is 0 Å². The van der Waals surface area contributed by atoms with Crippen molar-refractivity contribution in [1.29, 1.82) is 0 Å². The molecule has 0 saturated carbocycles. The van der Waals surface area contributed by atoms with Crippen molar-refractivity contribution in [3.63, 3.8) is 0 Å². The zero-order chi connectivity index (χ0) is 19.5. The molecule has 0 spiro atoms. The van der Waals surface area contributed by atoms with Gasteiger partial charge in [-0.15, -0.1) is 0 Å². The molecule has 2 aromatic carbocycles. The highest BCUT2D eigenvalue weighted by Crippen LogP contribution is 2.32. The van der Waals surface area contributed by atoms with E-state index in [1.54, 1.807) is 11.0 Å². The first-order valence-electron chi connectivity index (χ1n) is 9.10. The van der Waals surface area contributed by atoms with E-state index >= 15 is 0 Å². The number of anilines is 1. The van der Waals surface area contributed by atoms with Crippen molar-refractivity contribution in [3.05, 3.63) is 52.0 Å². The summed E-state index contributed by atoms with van der Waals surface area (Å²) in [6, 6.07) is 11.0. The van der Waals surface area contributed by atoms with Crippen LogP contribution >= 0.6 is 15.9 Å². The monoisotopic (exact) mass is 445 g/mol. The van der Waals surface area contributed by atoms with Gasteiger partial charge < -0.3 is 25.0 Å². The predicted octanol–water partition coefficient (Wildman–Crippen LogP) is 2.09. The van der Waals surface area contributed by atoms with Crippen LogP contribution in [0.5, 0.6) is 11.5 Å². The first kappa shape index (κ1) is 18.8. The van der Waals surface area contributed by atoms with Crippen LogP contribution in [0.4, 0.5) is 5.69 Å². The Labute approximate surface area is 171 Å². The second-order valence-corrected chi connectivity index (χ2v) is 7.38. The Balaban J connectivity index is 1.42. The fourth-order valence-electron chi connectivity index (χ4n) is 3.31. The van der Waals surface area contributed by atoms with Gasteiger partial charge in [-0.2, -0.15) is 0 Å². The number of carbonyl (C=O) groups is 2. The van der Waals surface area contributed by atoms with Gasteiger partial charge in [0.1, 0.15) is 18.1 Å². The summed E-state index contributed by atoms with van der Waals surface area (Å²) in [6.07, 6.45) is 0. The minimum atomic E-state index is -0.193. The number of amides is 2. The summed E-state index contributed by atoms with van der Waals surface area (Å²) < 4.78 is 11.9. The molecule has 2 amide bonds. The predicted molar refractivity (Wildman–Crippen MR) is 108 cm³/mol. The number of fused-ring (bicyclic) bond motifs is 2. The summed E-state index contributed by atoms with van der Waals surface area (Å²) in [5.74, 6) is 1.14. The molecule has 2 aromatic rings. The SMILES string of the molecule is O=C(NCCN1C(=O)COc2ccccc21)c1cc(Br)c2c(c1)CNCCO2. The summed E-state index contributed by atoms with van der Waals surface area (Å²) in [4.78, 5) is 26.5. The van der Waals surface area contributed by atoms with Crippen LogP contribution in [0.15, 0.2) is 40.9 Å². The summed E-state index contributed by atoms with van der Waals surface area (Å²) >= 11 is 3.49. The average Bonchev–Trinajstić information content (AvgIpc) is 2.95. The van der Waals surface area contributed by atoms with E-state index in [1.807, 2.05) is 30.3 Å². The molecule has 2 aliphatic rings. The smallest absolute Gasteiger partial charge is 0.265 e. The molecule has 0 bridgehead atoms. The van der Waals surface area contributed by atoms with Gasteiger partial charge in [0.05, 0.1) is 10.2 Å². The van der Waals surface area contributed by atoms with Crippen LogP contribution in [-0.2, 0) is 11.3 Å². The van der Waals surface area contributed by atoms with Gasteiger partial charge >= 0.3 is 0 Å². The molecule has 2 aliphatic heterocycles. The van der Waals surface area contributed by atoms with E-state index < -0.39 is 0 Å². The van der Waals surface area contributed by atoms with Crippen molar-refractivity contribution >= 4 is 33.4 Å². The topological polar surface area (TPSA) is 79.9 Å². The van der Waals surface area contributed by atoms with Gasteiger partial charge in [-0.05, 0) is 40.2 Å². The largest absolute Gasteiger partial charge is 0.491 e. The first-order chi connectivity index (χ1) is 13.6. The Morgan fingerprint density at radius 3 is 3.00 bits per heavy atom. The van der Waals surface area contributed by atoms with Gasteiger partial charge in [-0.1, -0.05) is 12.1 Å². The molecular formula is C20H20BrN3O4. The lowest BCUT2D eigenvalue weighted by Crippen LogP contribution is -2.43. The number of para-hydroxylation sites is 2. The summed E-state index contributed by atoms with van der Waals surface area (Å²) in [6.45, 7) is 2.72. The molecule has 28 heavy (non-hydrogen) atoms. The fourth-order valence-corrected chi connectivity index (χ4v) is 3.92. The highest BCUT2D eigenvalue weighted by molar-refractivity contribution is 9.10. The minimum Gasteiger partial charge on any atom is -0.491 e. The Morgan fingerprint density at radius 2 is 2.11 bits per heavy atom. The van der Waals surface area contributed by atoms with Crippen molar-refractivity contribution < 1.29 is 19.1 Å². The molecule has 2 N–H and O–H groups in total. The zero-order valence-corrected chi connectivity index (χ0v) is 16.8. The van der Waals surface area contributed by atoms with Crippen molar-refractivity contribution in [2.75, 3.05) is 37.7 Å². The number of ether oxygens (including phenoxy) is 2. The van der Waals surface area contributed by atoms with Gasteiger partial charge in [0.15, 0.2) is 6.61 Å². The number of nitrogens with one attached hydrogen (secondary N) is 2. The normalized spacial score (nSPS) is 15.6.